The van der Waals surface area contributed by atoms with Gasteiger partial charge in [-0.15, -0.1) is 11.3 Å². The Morgan fingerprint density at radius 3 is 2.81 bits per heavy atom. The van der Waals surface area contributed by atoms with Gasteiger partial charge in [0.15, 0.2) is 0 Å². The maximum absolute atomic E-state index is 5.47. The molecule has 2 heterocycles. The maximum atomic E-state index is 5.47. The topological polar surface area (TPSA) is 34.2 Å². The van der Waals surface area contributed by atoms with Gasteiger partial charge in [-0.1, -0.05) is 0 Å². The predicted molar refractivity (Wildman–Crippen MR) is 67.0 cm³/mol. The first-order valence-electron chi connectivity index (χ1n) is 5.88. The highest BCUT2D eigenvalue weighted by Crippen LogP contribution is 2.35. The van der Waals surface area contributed by atoms with E-state index in [1.165, 1.54) is 9.88 Å². The lowest BCUT2D eigenvalue weighted by Crippen LogP contribution is -2.39. The molecular weight excluding hydrogens is 220 g/mol. The minimum atomic E-state index is 0.381. The Balaban J connectivity index is 2.06. The molecule has 0 amide bonds. The van der Waals surface area contributed by atoms with Gasteiger partial charge in [0.05, 0.1) is 5.01 Å². The quantitative estimate of drug-likeness (QED) is 0.874. The minimum Gasteiger partial charge on any atom is -0.381 e. The summed E-state index contributed by atoms with van der Waals surface area (Å²) in [5.74, 6) is 0. The highest BCUT2D eigenvalue weighted by molar-refractivity contribution is 7.11. The zero-order chi connectivity index (χ0) is 11.4. The van der Waals surface area contributed by atoms with Crippen LogP contribution in [-0.2, 0) is 11.2 Å². The fourth-order valence-electron chi connectivity index (χ4n) is 2.45. The summed E-state index contributed by atoms with van der Waals surface area (Å²) < 4.78 is 5.47. The van der Waals surface area contributed by atoms with Gasteiger partial charge in [0.1, 0.15) is 0 Å². The molecule has 0 saturated carbocycles. The molecule has 1 aliphatic rings. The first kappa shape index (κ1) is 12.0. The number of aromatic nitrogens is 1. The van der Waals surface area contributed by atoms with Gasteiger partial charge in [0.2, 0.25) is 0 Å². The monoisotopic (exact) mass is 240 g/mol. The van der Waals surface area contributed by atoms with Crippen molar-refractivity contribution >= 4 is 11.3 Å². The molecule has 90 valence electrons. The van der Waals surface area contributed by atoms with E-state index in [0.29, 0.717) is 5.41 Å². The van der Waals surface area contributed by atoms with Crippen LogP contribution in [0.2, 0.25) is 0 Å². The first-order valence-corrected chi connectivity index (χ1v) is 6.69. The van der Waals surface area contributed by atoms with Crippen LogP contribution in [0.1, 0.15) is 22.7 Å². The first-order chi connectivity index (χ1) is 7.74. The largest absolute Gasteiger partial charge is 0.381 e. The van der Waals surface area contributed by atoms with Crippen molar-refractivity contribution in [3.63, 3.8) is 0 Å². The molecule has 1 aromatic rings. The molecule has 1 fully saturated rings. The van der Waals surface area contributed by atoms with Crippen LogP contribution in [-0.4, -0.2) is 31.8 Å². The molecule has 0 aliphatic carbocycles. The minimum absolute atomic E-state index is 0.381. The molecule has 16 heavy (non-hydrogen) atoms. The van der Waals surface area contributed by atoms with E-state index in [1.54, 1.807) is 0 Å². The summed E-state index contributed by atoms with van der Waals surface area (Å²) in [4.78, 5) is 5.75. The second kappa shape index (κ2) is 5.25. The Hall–Kier alpha value is -0.450. The van der Waals surface area contributed by atoms with Crippen molar-refractivity contribution in [1.82, 2.24) is 10.3 Å². The molecule has 1 saturated heterocycles. The zero-order valence-corrected chi connectivity index (χ0v) is 10.9. The fourth-order valence-corrected chi connectivity index (χ4v) is 3.42. The van der Waals surface area contributed by atoms with Crippen molar-refractivity contribution in [3.8, 4) is 0 Å². The van der Waals surface area contributed by atoms with Crippen LogP contribution in [0.5, 0.6) is 0 Å². The van der Waals surface area contributed by atoms with Crippen molar-refractivity contribution in [2.24, 2.45) is 5.41 Å². The van der Waals surface area contributed by atoms with Crippen molar-refractivity contribution in [2.45, 2.75) is 26.2 Å². The summed E-state index contributed by atoms with van der Waals surface area (Å²) in [6.07, 6.45) is 5.49. The number of nitrogens with one attached hydrogen (secondary N) is 1. The predicted octanol–water partition coefficient (Wildman–Crippen LogP) is 2.01. The van der Waals surface area contributed by atoms with E-state index in [9.17, 15) is 0 Å². The van der Waals surface area contributed by atoms with Crippen LogP contribution in [0.4, 0.5) is 0 Å². The second-order valence-electron chi connectivity index (χ2n) is 4.67. The highest BCUT2D eigenvalue weighted by atomic mass is 32.1. The molecule has 4 heteroatoms. The van der Waals surface area contributed by atoms with Gasteiger partial charge in [-0.3, -0.25) is 0 Å². The molecule has 0 bridgehead atoms. The van der Waals surface area contributed by atoms with Gasteiger partial charge < -0.3 is 10.1 Å². The maximum Gasteiger partial charge on any atom is 0.0896 e. The van der Waals surface area contributed by atoms with E-state index in [4.69, 9.17) is 4.74 Å². The smallest absolute Gasteiger partial charge is 0.0896 e. The molecule has 1 aromatic heterocycles. The number of thiazole rings is 1. The van der Waals surface area contributed by atoms with E-state index >= 15 is 0 Å². The third-order valence-corrected chi connectivity index (χ3v) is 4.24. The summed E-state index contributed by atoms with van der Waals surface area (Å²) in [5.41, 5.74) is 0.381. The molecule has 0 atom stereocenters. The fraction of sp³-hybridized carbons (Fsp3) is 0.750. The lowest BCUT2D eigenvalue weighted by molar-refractivity contribution is 0.0162. The molecule has 1 N–H and O–H groups in total. The van der Waals surface area contributed by atoms with Gasteiger partial charge in [-0.05, 0) is 38.6 Å². The Morgan fingerprint density at radius 1 is 1.50 bits per heavy atom. The molecule has 1 aliphatic heterocycles. The van der Waals surface area contributed by atoms with Crippen molar-refractivity contribution < 1.29 is 4.74 Å². The van der Waals surface area contributed by atoms with Gasteiger partial charge >= 0.3 is 0 Å². The van der Waals surface area contributed by atoms with E-state index in [0.717, 1.165) is 39.0 Å². The number of aryl methyl sites for hydroxylation is 1. The average Bonchev–Trinajstić information content (AvgIpc) is 2.65. The summed E-state index contributed by atoms with van der Waals surface area (Å²) in [6.45, 7) is 4.95. The van der Waals surface area contributed by atoms with Gasteiger partial charge in [-0.25, -0.2) is 4.98 Å². The SMILES string of the molecule is CNCC1(Cc2cnc(C)s2)CCOCC1. The average molecular weight is 240 g/mol. The number of nitrogens with zero attached hydrogens (tertiary/aromatic N) is 1. The van der Waals surface area contributed by atoms with Crippen molar-refractivity contribution in [1.29, 1.82) is 0 Å². The summed E-state index contributed by atoms with van der Waals surface area (Å²) in [7, 11) is 2.04. The third kappa shape index (κ3) is 2.81. The molecule has 0 radical (unpaired) electrons. The number of hydrogen-bond acceptors (Lipinski definition) is 4. The molecular formula is C12H20N2OS. The van der Waals surface area contributed by atoms with Crippen LogP contribution in [0, 0.1) is 12.3 Å². The number of ether oxygens (including phenoxy) is 1. The highest BCUT2D eigenvalue weighted by Gasteiger charge is 2.32. The Kier molecular flexibility index (Phi) is 3.95. The van der Waals surface area contributed by atoms with Gasteiger partial charge in [0.25, 0.3) is 0 Å². The van der Waals surface area contributed by atoms with E-state index < -0.39 is 0 Å². The normalized spacial score (nSPS) is 19.9. The van der Waals surface area contributed by atoms with Crippen molar-refractivity contribution in [2.75, 3.05) is 26.8 Å². The van der Waals surface area contributed by atoms with Crippen LogP contribution in [0.3, 0.4) is 0 Å². The number of rotatable bonds is 4. The molecule has 2 rings (SSSR count). The van der Waals surface area contributed by atoms with Crippen LogP contribution in [0.25, 0.3) is 0 Å². The zero-order valence-electron chi connectivity index (χ0n) is 10.1. The Labute approximate surface area is 101 Å². The summed E-state index contributed by atoms with van der Waals surface area (Å²) >= 11 is 1.83. The lowest BCUT2D eigenvalue weighted by Gasteiger charge is -2.36. The van der Waals surface area contributed by atoms with Crippen LogP contribution in [0.15, 0.2) is 6.20 Å². The second-order valence-corrected chi connectivity index (χ2v) is 5.98. The van der Waals surface area contributed by atoms with Crippen LogP contribution >= 0.6 is 11.3 Å². The van der Waals surface area contributed by atoms with E-state index in [2.05, 4.69) is 17.2 Å². The number of hydrogen-bond donors (Lipinski definition) is 1. The molecule has 0 unspecified atom stereocenters. The Morgan fingerprint density at radius 2 is 2.25 bits per heavy atom. The molecule has 0 spiro atoms. The summed E-state index contributed by atoms with van der Waals surface area (Å²) in [5, 5.41) is 4.50. The van der Waals surface area contributed by atoms with Gasteiger partial charge in [-0.2, -0.15) is 0 Å². The third-order valence-electron chi connectivity index (χ3n) is 3.32. The Bertz CT molecular complexity index is 326. The van der Waals surface area contributed by atoms with E-state index in [1.807, 2.05) is 24.6 Å². The standard InChI is InChI=1S/C12H20N2OS/c1-10-14-8-11(16-10)7-12(9-13-2)3-5-15-6-4-12/h8,13H,3-7,9H2,1-2H3. The van der Waals surface area contributed by atoms with Gasteiger partial charge in [0, 0.05) is 30.8 Å². The summed E-state index contributed by atoms with van der Waals surface area (Å²) in [6, 6.07) is 0. The molecule has 0 aromatic carbocycles. The van der Waals surface area contributed by atoms with Crippen molar-refractivity contribution in [3.05, 3.63) is 16.1 Å². The molecule has 3 nitrogen and oxygen atoms in total. The van der Waals surface area contributed by atoms with Crippen LogP contribution < -0.4 is 5.32 Å². The van der Waals surface area contributed by atoms with E-state index in [-0.39, 0.29) is 0 Å². The lowest BCUT2D eigenvalue weighted by atomic mass is 9.77.